The maximum Gasteiger partial charge on any atom is 0.0540 e. The summed E-state index contributed by atoms with van der Waals surface area (Å²) >= 11 is 0. The summed E-state index contributed by atoms with van der Waals surface area (Å²) in [5.41, 5.74) is 8.18. The monoisotopic (exact) mass is 249 g/mol. The number of aliphatic hydroxyl groups is 1. The van der Waals surface area contributed by atoms with E-state index in [-0.39, 0.29) is 12.0 Å². The molecule has 0 radical (unpaired) electrons. The van der Waals surface area contributed by atoms with Crippen LogP contribution in [0.2, 0.25) is 0 Å². The maximum atomic E-state index is 9.91. The van der Waals surface area contributed by atoms with Gasteiger partial charge in [0.1, 0.15) is 0 Å². The highest BCUT2D eigenvalue weighted by Crippen LogP contribution is 2.34. The topological polar surface area (TPSA) is 46.2 Å². The molecule has 0 bridgehead atoms. The van der Waals surface area contributed by atoms with Gasteiger partial charge in [-0.05, 0) is 30.4 Å². The van der Waals surface area contributed by atoms with E-state index in [1.165, 1.54) is 11.1 Å². The first kappa shape index (κ1) is 15.2. The summed E-state index contributed by atoms with van der Waals surface area (Å²) in [6.45, 7) is 7.16. The zero-order valence-electron chi connectivity index (χ0n) is 11.9. The zero-order valence-corrected chi connectivity index (χ0v) is 11.9. The van der Waals surface area contributed by atoms with E-state index in [1.54, 1.807) is 0 Å². The third-order valence-corrected chi connectivity index (χ3v) is 4.24. The number of nitrogens with two attached hydrogens (primary N) is 1. The Morgan fingerprint density at radius 3 is 2.28 bits per heavy atom. The fourth-order valence-corrected chi connectivity index (χ4v) is 2.82. The lowest BCUT2D eigenvalue weighted by Crippen LogP contribution is -2.41. The summed E-state index contributed by atoms with van der Waals surface area (Å²) in [6.07, 6.45) is 3.26. The maximum absolute atomic E-state index is 9.91. The number of rotatable bonds is 7. The van der Waals surface area contributed by atoms with E-state index in [1.807, 2.05) is 12.1 Å². The Labute approximate surface area is 111 Å². The molecular weight excluding hydrogens is 222 g/mol. The summed E-state index contributed by atoms with van der Waals surface area (Å²) in [6, 6.07) is 8.28. The Balaban J connectivity index is 3.10. The zero-order chi connectivity index (χ0) is 13.6. The molecule has 0 heterocycles. The Morgan fingerprint density at radius 1 is 1.22 bits per heavy atom. The molecule has 0 saturated heterocycles. The molecule has 0 saturated carbocycles. The van der Waals surface area contributed by atoms with Crippen molar-refractivity contribution in [3.8, 4) is 0 Å². The van der Waals surface area contributed by atoms with Crippen LogP contribution in [0.1, 0.15) is 44.2 Å². The van der Waals surface area contributed by atoms with E-state index in [0.29, 0.717) is 12.5 Å². The molecule has 0 amide bonds. The molecule has 0 aliphatic heterocycles. The van der Waals surface area contributed by atoms with Crippen molar-refractivity contribution in [1.82, 2.24) is 0 Å². The SMILES string of the molecule is CCC(CC)CC(CN)(CO)c1ccccc1C. The second kappa shape index (κ2) is 6.91. The quantitative estimate of drug-likeness (QED) is 0.780. The van der Waals surface area contributed by atoms with Crippen LogP contribution in [0.5, 0.6) is 0 Å². The molecule has 0 aliphatic rings. The Hall–Kier alpha value is -0.860. The van der Waals surface area contributed by atoms with E-state index >= 15 is 0 Å². The third kappa shape index (κ3) is 3.12. The summed E-state index contributed by atoms with van der Waals surface area (Å²) < 4.78 is 0. The Kier molecular flexibility index (Phi) is 5.83. The molecular formula is C16H27NO. The molecule has 0 spiro atoms. The van der Waals surface area contributed by atoms with Gasteiger partial charge in [0.15, 0.2) is 0 Å². The summed E-state index contributed by atoms with van der Waals surface area (Å²) in [7, 11) is 0. The van der Waals surface area contributed by atoms with Crippen molar-refractivity contribution in [1.29, 1.82) is 0 Å². The van der Waals surface area contributed by atoms with E-state index in [4.69, 9.17) is 5.73 Å². The van der Waals surface area contributed by atoms with Crippen molar-refractivity contribution in [3.63, 3.8) is 0 Å². The minimum Gasteiger partial charge on any atom is -0.395 e. The lowest BCUT2D eigenvalue weighted by Gasteiger charge is -2.35. The number of aliphatic hydroxyl groups excluding tert-OH is 1. The van der Waals surface area contributed by atoms with Gasteiger partial charge in [-0.1, -0.05) is 51.0 Å². The van der Waals surface area contributed by atoms with E-state index in [0.717, 1.165) is 19.3 Å². The van der Waals surface area contributed by atoms with Crippen molar-refractivity contribution >= 4 is 0 Å². The first-order valence-corrected chi connectivity index (χ1v) is 7.00. The van der Waals surface area contributed by atoms with Crippen molar-refractivity contribution < 1.29 is 5.11 Å². The van der Waals surface area contributed by atoms with Crippen molar-refractivity contribution in [2.45, 2.75) is 45.4 Å². The van der Waals surface area contributed by atoms with Gasteiger partial charge in [-0.2, -0.15) is 0 Å². The molecule has 1 rings (SSSR count). The highest BCUT2D eigenvalue weighted by molar-refractivity contribution is 5.34. The average Bonchev–Trinajstić information content (AvgIpc) is 2.42. The van der Waals surface area contributed by atoms with Crippen molar-refractivity contribution in [2.75, 3.05) is 13.2 Å². The fourth-order valence-electron chi connectivity index (χ4n) is 2.82. The van der Waals surface area contributed by atoms with E-state index < -0.39 is 0 Å². The minimum atomic E-state index is -0.276. The summed E-state index contributed by atoms with van der Waals surface area (Å²) in [5.74, 6) is 0.625. The van der Waals surface area contributed by atoms with Crippen LogP contribution in [-0.4, -0.2) is 18.3 Å². The second-order valence-corrected chi connectivity index (χ2v) is 5.34. The molecule has 0 aromatic heterocycles. The first-order chi connectivity index (χ1) is 8.63. The van der Waals surface area contributed by atoms with Crippen molar-refractivity contribution in [3.05, 3.63) is 35.4 Å². The van der Waals surface area contributed by atoms with Crippen LogP contribution in [0.25, 0.3) is 0 Å². The van der Waals surface area contributed by atoms with Gasteiger partial charge < -0.3 is 10.8 Å². The lowest BCUT2D eigenvalue weighted by atomic mass is 9.72. The molecule has 102 valence electrons. The number of hydrogen-bond donors (Lipinski definition) is 2. The van der Waals surface area contributed by atoms with Crippen molar-refractivity contribution in [2.24, 2.45) is 11.7 Å². The van der Waals surface area contributed by atoms with Crippen LogP contribution in [0.15, 0.2) is 24.3 Å². The Bertz CT molecular complexity index is 354. The first-order valence-electron chi connectivity index (χ1n) is 7.00. The van der Waals surface area contributed by atoms with Gasteiger partial charge in [-0.15, -0.1) is 0 Å². The predicted octanol–water partition coefficient (Wildman–Crippen LogP) is 3.01. The fraction of sp³-hybridized carbons (Fsp3) is 0.625. The van der Waals surface area contributed by atoms with Crippen LogP contribution >= 0.6 is 0 Å². The van der Waals surface area contributed by atoms with Crippen LogP contribution in [0.3, 0.4) is 0 Å². The number of benzene rings is 1. The second-order valence-electron chi connectivity index (χ2n) is 5.34. The number of aryl methyl sites for hydroxylation is 1. The van der Waals surface area contributed by atoms with E-state index in [9.17, 15) is 5.11 Å². The molecule has 2 nitrogen and oxygen atoms in total. The van der Waals surface area contributed by atoms with Gasteiger partial charge in [0.25, 0.3) is 0 Å². The standard InChI is InChI=1S/C16H27NO/c1-4-14(5-2)10-16(11-17,12-18)15-9-7-6-8-13(15)3/h6-9,14,18H,4-5,10-12,17H2,1-3H3. The normalized spacial score (nSPS) is 14.8. The highest BCUT2D eigenvalue weighted by Gasteiger charge is 2.33. The molecule has 1 aromatic rings. The minimum absolute atomic E-state index is 0.130. The van der Waals surface area contributed by atoms with Gasteiger partial charge >= 0.3 is 0 Å². The Morgan fingerprint density at radius 2 is 1.83 bits per heavy atom. The predicted molar refractivity (Wildman–Crippen MR) is 77.7 cm³/mol. The average molecular weight is 249 g/mol. The van der Waals surface area contributed by atoms with Gasteiger partial charge in [0, 0.05) is 12.0 Å². The third-order valence-electron chi connectivity index (χ3n) is 4.24. The molecule has 2 heteroatoms. The molecule has 18 heavy (non-hydrogen) atoms. The highest BCUT2D eigenvalue weighted by atomic mass is 16.3. The molecule has 1 unspecified atom stereocenters. The smallest absolute Gasteiger partial charge is 0.0540 e. The number of hydrogen-bond acceptors (Lipinski definition) is 2. The molecule has 3 N–H and O–H groups in total. The van der Waals surface area contributed by atoms with Crippen LogP contribution in [-0.2, 0) is 5.41 Å². The largest absolute Gasteiger partial charge is 0.395 e. The van der Waals surface area contributed by atoms with E-state index in [2.05, 4.69) is 32.9 Å². The van der Waals surface area contributed by atoms with Gasteiger partial charge in [-0.25, -0.2) is 0 Å². The van der Waals surface area contributed by atoms with Gasteiger partial charge in [0.2, 0.25) is 0 Å². The molecule has 1 aromatic carbocycles. The van der Waals surface area contributed by atoms with Crippen LogP contribution in [0, 0.1) is 12.8 Å². The van der Waals surface area contributed by atoms with Crippen LogP contribution < -0.4 is 5.73 Å². The van der Waals surface area contributed by atoms with Crippen LogP contribution in [0.4, 0.5) is 0 Å². The molecule has 0 aliphatic carbocycles. The molecule has 0 fully saturated rings. The lowest BCUT2D eigenvalue weighted by molar-refractivity contribution is 0.165. The van der Waals surface area contributed by atoms with Gasteiger partial charge in [-0.3, -0.25) is 0 Å². The summed E-state index contributed by atoms with van der Waals surface area (Å²) in [4.78, 5) is 0. The van der Waals surface area contributed by atoms with Gasteiger partial charge in [0.05, 0.1) is 6.61 Å². The molecule has 1 atom stereocenters. The summed E-state index contributed by atoms with van der Waals surface area (Å²) in [5, 5.41) is 9.91.